The molecular weight excluding hydrogens is 154 g/mol. The molecule has 0 aromatic carbocycles. The second kappa shape index (κ2) is 2.62. The zero-order chi connectivity index (χ0) is 8.55. The van der Waals surface area contributed by atoms with Crippen molar-refractivity contribution in [1.82, 2.24) is 9.55 Å². The molecule has 4 heteroatoms. The molecule has 0 aliphatic carbocycles. The first-order valence-corrected chi connectivity index (χ1v) is 4.13. The molecule has 12 heavy (non-hydrogen) atoms. The van der Waals surface area contributed by atoms with Gasteiger partial charge in [-0.25, -0.2) is 4.98 Å². The number of nitrogens with zero attached hydrogens (tertiary/aromatic N) is 2. The number of hydrogen-bond donors (Lipinski definition) is 1. The maximum Gasteiger partial charge on any atom is 0.284 e. The largest absolute Gasteiger partial charge is 0.363 e. The standard InChI is InChI=1S/C8H11N3O/c9-7(12)8-10-5-6-3-1-2-4-11(6)8/h5H,1-4H2,(H2,9,12). The van der Waals surface area contributed by atoms with E-state index in [4.69, 9.17) is 5.73 Å². The Hall–Kier alpha value is -1.32. The van der Waals surface area contributed by atoms with E-state index in [0.29, 0.717) is 5.82 Å². The Morgan fingerprint density at radius 3 is 3.17 bits per heavy atom. The molecule has 0 saturated carbocycles. The lowest BCUT2D eigenvalue weighted by atomic mass is 10.1. The number of rotatable bonds is 1. The summed E-state index contributed by atoms with van der Waals surface area (Å²) >= 11 is 0. The summed E-state index contributed by atoms with van der Waals surface area (Å²) in [5, 5.41) is 0. The van der Waals surface area contributed by atoms with Crippen LogP contribution in [0.3, 0.4) is 0 Å². The first kappa shape index (κ1) is 7.34. The van der Waals surface area contributed by atoms with Gasteiger partial charge in [-0.2, -0.15) is 0 Å². The minimum absolute atomic E-state index is 0.407. The third kappa shape index (κ3) is 0.995. The zero-order valence-electron chi connectivity index (χ0n) is 6.79. The Morgan fingerprint density at radius 2 is 2.42 bits per heavy atom. The summed E-state index contributed by atoms with van der Waals surface area (Å²) in [5.41, 5.74) is 6.29. The van der Waals surface area contributed by atoms with Crippen LogP contribution < -0.4 is 5.73 Å². The van der Waals surface area contributed by atoms with E-state index in [9.17, 15) is 4.79 Å². The van der Waals surface area contributed by atoms with Crippen LogP contribution in [0.5, 0.6) is 0 Å². The van der Waals surface area contributed by atoms with E-state index in [1.54, 1.807) is 6.20 Å². The molecule has 2 heterocycles. The summed E-state index contributed by atoms with van der Waals surface area (Å²) in [6.45, 7) is 0.883. The average molecular weight is 165 g/mol. The van der Waals surface area contributed by atoms with Crippen molar-refractivity contribution in [1.29, 1.82) is 0 Å². The molecule has 1 aliphatic rings. The van der Waals surface area contributed by atoms with Crippen molar-refractivity contribution in [3.63, 3.8) is 0 Å². The number of aryl methyl sites for hydroxylation is 1. The van der Waals surface area contributed by atoms with E-state index in [-0.39, 0.29) is 0 Å². The van der Waals surface area contributed by atoms with Crippen molar-refractivity contribution < 1.29 is 4.79 Å². The molecule has 2 rings (SSSR count). The predicted octanol–water partition coefficient (Wildman–Crippen LogP) is 0.318. The van der Waals surface area contributed by atoms with E-state index in [1.165, 1.54) is 6.42 Å². The van der Waals surface area contributed by atoms with Crippen molar-refractivity contribution in [3.8, 4) is 0 Å². The van der Waals surface area contributed by atoms with E-state index in [0.717, 1.165) is 25.1 Å². The van der Waals surface area contributed by atoms with Gasteiger partial charge in [-0.15, -0.1) is 0 Å². The maximum absolute atomic E-state index is 10.9. The third-order valence-corrected chi connectivity index (χ3v) is 2.22. The smallest absolute Gasteiger partial charge is 0.284 e. The molecule has 1 aliphatic heterocycles. The Morgan fingerprint density at radius 1 is 1.58 bits per heavy atom. The van der Waals surface area contributed by atoms with Crippen LogP contribution in [-0.2, 0) is 13.0 Å². The molecule has 2 N–H and O–H groups in total. The molecule has 0 saturated heterocycles. The van der Waals surface area contributed by atoms with Crippen LogP contribution in [0, 0.1) is 0 Å². The summed E-state index contributed by atoms with van der Waals surface area (Å²) in [6.07, 6.45) is 5.06. The second-order valence-electron chi connectivity index (χ2n) is 3.05. The summed E-state index contributed by atoms with van der Waals surface area (Å²) < 4.78 is 1.92. The highest BCUT2D eigenvalue weighted by Gasteiger charge is 2.16. The lowest BCUT2D eigenvalue weighted by Gasteiger charge is -2.14. The van der Waals surface area contributed by atoms with Crippen LogP contribution in [0.15, 0.2) is 6.20 Å². The van der Waals surface area contributed by atoms with Crippen LogP contribution in [0.25, 0.3) is 0 Å². The second-order valence-corrected chi connectivity index (χ2v) is 3.05. The van der Waals surface area contributed by atoms with E-state index in [2.05, 4.69) is 4.98 Å². The maximum atomic E-state index is 10.9. The van der Waals surface area contributed by atoms with Crippen LogP contribution in [0.4, 0.5) is 0 Å². The van der Waals surface area contributed by atoms with Gasteiger partial charge in [0.05, 0.1) is 0 Å². The van der Waals surface area contributed by atoms with Crippen molar-refractivity contribution >= 4 is 5.91 Å². The van der Waals surface area contributed by atoms with Gasteiger partial charge in [0, 0.05) is 18.4 Å². The zero-order valence-corrected chi connectivity index (χ0v) is 6.79. The van der Waals surface area contributed by atoms with Gasteiger partial charge in [-0.1, -0.05) is 0 Å². The van der Waals surface area contributed by atoms with Crippen LogP contribution in [0.2, 0.25) is 0 Å². The lowest BCUT2D eigenvalue weighted by Crippen LogP contribution is -2.21. The van der Waals surface area contributed by atoms with Crippen molar-refractivity contribution in [2.75, 3.05) is 0 Å². The van der Waals surface area contributed by atoms with Crippen molar-refractivity contribution in [2.45, 2.75) is 25.8 Å². The van der Waals surface area contributed by atoms with Crippen molar-refractivity contribution in [3.05, 3.63) is 17.7 Å². The first-order valence-electron chi connectivity index (χ1n) is 4.13. The highest BCUT2D eigenvalue weighted by Crippen LogP contribution is 2.15. The lowest BCUT2D eigenvalue weighted by molar-refractivity contribution is 0.0985. The fourth-order valence-electron chi connectivity index (χ4n) is 1.63. The summed E-state index contributed by atoms with van der Waals surface area (Å²) in [6, 6.07) is 0. The number of aromatic nitrogens is 2. The molecule has 1 aromatic rings. The Bertz CT molecular complexity index is 316. The Balaban J connectivity index is 2.44. The van der Waals surface area contributed by atoms with Gasteiger partial charge in [-0.3, -0.25) is 4.79 Å². The number of imidazole rings is 1. The fraction of sp³-hybridized carbons (Fsp3) is 0.500. The van der Waals surface area contributed by atoms with Gasteiger partial charge >= 0.3 is 0 Å². The summed E-state index contributed by atoms with van der Waals surface area (Å²) in [5.74, 6) is -0.0205. The van der Waals surface area contributed by atoms with E-state index < -0.39 is 5.91 Å². The molecule has 64 valence electrons. The highest BCUT2D eigenvalue weighted by molar-refractivity contribution is 5.89. The van der Waals surface area contributed by atoms with Gasteiger partial charge in [0.1, 0.15) is 0 Å². The minimum atomic E-state index is -0.428. The van der Waals surface area contributed by atoms with E-state index >= 15 is 0 Å². The molecule has 0 unspecified atom stereocenters. The quantitative estimate of drug-likeness (QED) is 0.651. The minimum Gasteiger partial charge on any atom is -0.363 e. The third-order valence-electron chi connectivity index (χ3n) is 2.22. The van der Waals surface area contributed by atoms with Crippen LogP contribution in [-0.4, -0.2) is 15.5 Å². The van der Waals surface area contributed by atoms with Crippen molar-refractivity contribution in [2.24, 2.45) is 5.73 Å². The molecule has 0 spiro atoms. The summed E-state index contributed by atoms with van der Waals surface area (Å²) in [4.78, 5) is 14.9. The number of carbonyl (C=O) groups is 1. The number of fused-ring (bicyclic) bond motifs is 1. The summed E-state index contributed by atoms with van der Waals surface area (Å²) in [7, 11) is 0. The molecule has 1 amide bonds. The molecule has 0 radical (unpaired) electrons. The number of carbonyl (C=O) groups excluding carboxylic acids is 1. The monoisotopic (exact) mass is 165 g/mol. The number of primary amides is 1. The molecule has 1 aromatic heterocycles. The average Bonchev–Trinajstić information content (AvgIpc) is 2.47. The van der Waals surface area contributed by atoms with E-state index in [1.807, 2.05) is 4.57 Å². The number of hydrogen-bond acceptors (Lipinski definition) is 2. The van der Waals surface area contributed by atoms with Gasteiger partial charge in [0.15, 0.2) is 5.82 Å². The van der Waals surface area contributed by atoms with Gasteiger partial charge < -0.3 is 10.3 Å². The van der Waals surface area contributed by atoms with Gasteiger partial charge in [0.25, 0.3) is 5.91 Å². The molecule has 0 fully saturated rings. The molecular formula is C8H11N3O. The van der Waals surface area contributed by atoms with Crippen LogP contribution in [0.1, 0.15) is 29.2 Å². The molecule has 0 atom stereocenters. The topological polar surface area (TPSA) is 60.9 Å². The first-order chi connectivity index (χ1) is 5.79. The Labute approximate surface area is 70.4 Å². The number of nitrogens with two attached hydrogens (primary N) is 1. The SMILES string of the molecule is NC(=O)c1ncc2n1CCCC2. The Kier molecular flexibility index (Phi) is 1.60. The highest BCUT2D eigenvalue weighted by atomic mass is 16.1. The number of amides is 1. The normalized spacial score (nSPS) is 15.7. The fourth-order valence-corrected chi connectivity index (χ4v) is 1.63. The van der Waals surface area contributed by atoms with Gasteiger partial charge in [0.2, 0.25) is 0 Å². The predicted molar refractivity (Wildman–Crippen MR) is 43.7 cm³/mol. The van der Waals surface area contributed by atoms with Gasteiger partial charge in [-0.05, 0) is 19.3 Å². The molecule has 4 nitrogen and oxygen atoms in total. The molecule has 0 bridgehead atoms. The van der Waals surface area contributed by atoms with Crippen LogP contribution >= 0.6 is 0 Å².